The molecule has 3 N–H and O–H groups in total. The fourth-order valence-corrected chi connectivity index (χ4v) is 2.41. The number of carbonyl (C=O) groups excluding carboxylic acids is 2. The molecule has 0 aliphatic heterocycles. The summed E-state index contributed by atoms with van der Waals surface area (Å²) in [6, 6.07) is 9.30. The normalized spacial score (nSPS) is 10.8. The third-order valence-corrected chi connectivity index (χ3v) is 3.58. The number of nitrogens with one attached hydrogen (secondary N) is 3. The molecule has 1 aromatic rings. The number of ether oxygens (including phenoxy) is 1. The summed E-state index contributed by atoms with van der Waals surface area (Å²) in [5.41, 5.74) is 0.597. The molecule has 132 valence electrons. The highest BCUT2D eigenvalue weighted by Gasteiger charge is 2.15. The van der Waals surface area contributed by atoms with Gasteiger partial charge < -0.3 is 10.1 Å². The van der Waals surface area contributed by atoms with E-state index in [0.717, 1.165) is 5.56 Å². The first kappa shape index (κ1) is 20.0. The van der Waals surface area contributed by atoms with Crippen molar-refractivity contribution in [1.29, 1.82) is 5.41 Å². The summed E-state index contributed by atoms with van der Waals surface area (Å²) in [5, 5.41) is 12.9. The Hall–Kier alpha value is -2.02. The molecule has 0 aromatic heterocycles. The molecule has 0 atom stereocenters. The summed E-state index contributed by atoms with van der Waals surface area (Å²) in [6.07, 6.45) is 0.741. The minimum absolute atomic E-state index is 0.0866. The molecular weight excluding hydrogens is 326 g/mol. The lowest BCUT2D eigenvalue weighted by Gasteiger charge is -2.19. The van der Waals surface area contributed by atoms with Gasteiger partial charge in [0.15, 0.2) is 5.17 Å². The van der Waals surface area contributed by atoms with Crippen molar-refractivity contribution in [1.82, 2.24) is 10.6 Å². The fraction of sp³-hybridized carbons (Fsp3) is 0.471. The quantitative estimate of drug-likeness (QED) is 0.317. The maximum Gasteiger partial charge on any atom is 0.320 e. The minimum atomic E-state index is -0.493. The molecule has 0 unspecified atom stereocenters. The average molecular weight is 351 g/mol. The van der Waals surface area contributed by atoms with Crippen LogP contribution in [0.4, 0.5) is 4.79 Å². The number of carbonyl (C=O) groups is 2. The van der Waals surface area contributed by atoms with E-state index in [0.29, 0.717) is 18.7 Å². The van der Waals surface area contributed by atoms with Gasteiger partial charge in [-0.05, 0) is 32.8 Å². The van der Waals surface area contributed by atoms with E-state index in [9.17, 15) is 9.59 Å². The van der Waals surface area contributed by atoms with Crippen molar-refractivity contribution in [3.05, 3.63) is 35.9 Å². The van der Waals surface area contributed by atoms with E-state index in [1.807, 2.05) is 51.1 Å². The second-order valence-corrected chi connectivity index (χ2v) is 7.16. The number of amides is 2. The zero-order valence-electron chi connectivity index (χ0n) is 14.3. The molecule has 1 rings (SSSR count). The lowest BCUT2D eigenvalue weighted by molar-refractivity contribution is -0.154. The lowest BCUT2D eigenvalue weighted by Crippen LogP contribution is -2.38. The van der Waals surface area contributed by atoms with Gasteiger partial charge in [-0.15, -0.1) is 0 Å². The van der Waals surface area contributed by atoms with Gasteiger partial charge in [-0.1, -0.05) is 42.1 Å². The highest BCUT2D eigenvalue weighted by molar-refractivity contribution is 8.13. The zero-order chi connectivity index (χ0) is 18.0. The Balaban J connectivity index is 2.13. The molecule has 2 amide bonds. The van der Waals surface area contributed by atoms with Crippen molar-refractivity contribution in [2.24, 2.45) is 0 Å². The van der Waals surface area contributed by atoms with E-state index in [1.165, 1.54) is 11.8 Å². The number of hydrogen-bond donors (Lipinski definition) is 3. The first-order chi connectivity index (χ1) is 11.3. The van der Waals surface area contributed by atoms with E-state index >= 15 is 0 Å². The number of thioether (sulfide) groups is 1. The summed E-state index contributed by atoms with van der Waals surface area (Å²) in [5.74, 6) is 0.342. The van der Waals surface area contributed by atoms with Crippen LogP contribution in [0.1, 0.15) is 39.2 Å². The fourth-order valence-electron chi connectivity index (χ4n) is 1.74. The standard InChI is InChI=1S/C17H25N3O3S/c1-17(2,3)23-14(21)10-7-11-19-16(22)20-15(18)24-12-13-8-5-4-6-9-13/h4-6,8-9H,7,10-12H2,1-3H3,(H3,18,19,20,22). The molecule has 1 aromatic carbocycles. The van der Waals surface area contributed by atoms with Crippen LogP contribution in [0.15, 0.2) is 30.3 Å². The van der Waals surface area contributed by atoms with Crippen molar-refractivity contribution < 1.29 is 14.3 Å². The molecule has 24 heavy (non-hydrogen) atoms. The van der Waals surface area contributed by atoms with Crippen LogP contribution >= 0.6 is 11.8 Å². The predicted molar refractivity (Wildman–Crippen MR) is 97.1 cm³/mol. The summed E-state index contributed by atoms with van der Waals surface area (Å²) in [6.45, 7) is 5.79. The Morgan fingerprint density at radius 3 is 2.50 bits per heavy atom. The van der Waals surface area contributed by atoms with Crippen molar-refractivity contribution in [3.8, 4) is 0 Å². The molecule has 0 aliphatic rings. The molecule has 0 bridgehead atoms. The smallest absolute Gasteiger partial charge is 0.320 e. The van der Waals surface area contributed by atoms with Crippen LogP contribution in [0.3, 0.4) is 0 Å². The van der Waals surface area contributed by atoms with Crippen molar-refractivity contribution in [2.75, 3.05) is 6.54 Å². The third-order valence-electron chi connectivity index (χ3n) is 2.72. The zero-order valence-corrected chi connectivity index (χ0v) is 15.2. The minimum Gasteiger partial charge on any atom is -0.460 e. The monoisotopic (exact) mass is 351 g/mol. The van der Waals surface area contributed by atoms with Crippen molar-refractivity contribution in [3.63, 3.8) is 0 Å². The maximum absolute atomic E-state index is 11.6. The summed E-state index contributed by atoms with van der Waals surface area (Å²) < 4.78 is 5.18. The largest absolute Gasteiger partial charge is 0.460 e. The van der Waals surface area contributed by atoms with Crippen molar-refractivity contribution in [2.45, 2.75) is 45.0 Å². The molecule has 0 radical (unpaired) electrons. The van der Waals surface area contributed by atoms with Gasteiger partial charge in [0.2, 0.25) is 0 Å². The van der Waals surface area contributed by atoms with E-state index in [2.05, 4.69) is 10.6 Å². The number of rotatable bonds is 6. The summed E-state index contributed by atoms with van der Waals surface area (Å²) in [7, 11) is 0. The number of amidine groups is 1. The van der Waals surface area contributed by atoms with Gasteiger partial charge in [0.25, 0.3) is 0 Å². The Bertz CT molecular complexity index is 556. The molecule has 0 saturated heterocycles. The van der Waals surface area contributed by atoms with Gasteiger partial charge in [-0.3, -0.25) is 15.5 Å². The molecule has 7 heteroatoms. The van der Waals surface area contributed by atoms with Crippen LogP contribution in [-0.2, 0) is 15.3 Å². The molecule has 0 saturated carbocycles. The predicted octanol–water partition coefficient (Wildman–Crippen LogP) is 3.28. The Labute approximate surface area is 147 Å². The Kier molecular flexibility index (Phi) is 8.32. The highest BCUT2D eigenvalue weighted by Crippen LogP contribution is 2.11. The van der Waals surface area contributed by atoms with E-state index < -0.39 is 11.6 Å². The van der Waals surface area contributed by atoms with Crippen LogP contribution < -0.4 is 10.6 Å². The second kappa shape index (κ2) is 9.97. The van der Waals surface area contributed by atoms with E-state index in [1.54, 1.807) is 0 Å². The van der Waals surface area contributed by atoms with Gasteiger partial charge in [0, 0.05) is 18.7 Å². The molecule has 0 heterocycles. The number of esters is 1. The third kappa shape index (κ3) is 9.89. The topological polar surface area (TPSA) is 91.3 Å². The van der Waals surface area contributed by atoms with Gasteiger partial charge in [-0.2, -0.15) is 0 Å². The van der Waals surface area contributed by atoms with Gasteiger partial charge >= 0.3 is 12.0 Å². The van der Waals surface area contributed by atoms with Crippen LogP contribution in [-0.4, -0.2) is 29.3 Å². The second-order valence-electron chi connectivity index (χ2n) is 6.17. The number of hydrogen-bond acceptors (Lipinski definition) is 5. The van der Waals surface area contributed by atoms with E-state index in [4.69, 9.17) is 10.1 Å². The van der Waals surface area contributed by atoms with Crippen molar-refractivity contribution >= 4 is 28.9 Å². The van der Waals surface area contributed by atoms with Crippen LogP contribution in [0.2, 0.25) is 0 Å². The number of urea groups is 1. The molecular formula is C17H25N3O3S. The summed E-state index contributed by atoms with van der Waals surface area (Å²) >= 11 is 1.25. The maximum atomic E-state index is 11.6. The lowest BCUT2D eigenvalue weighted by atomic mass is 10.2. The van der Waals surface area contributed by atoms with Crippen LogP contribution in [0.5, 0.6) is 0 Å². The first-order valence-corrected chi connectivity index (χ1v) is 8.77. The van der Waals surface area contributed by atoms with E-state index in [-0.39, 0.29) is 17.6 Å². The van der Waals surface area contributed by atoms with Crippen LogP contribution in [0.25, 0.3) is 0 Å². The highest BCUT2D eigenvalue weighted by atomic mass is 32.2. The first-order valence-electron chi connectivity index (χ1n) is 7.78. The molecule has 0 spiro atoms. The SMILES string of the molecule is CC(C)(C)OC(=O)CCCNC(=O)NC(=N)SCc1ccccc1. The van der Waals surface area contributed by atoms with Gasteiger partial charge in [0.1, 0.15) is 5.60 Å². The van der Waals surface area contributed by atoms with Gasteiger partial charge in [-0.25, -0.2) is 4.79 Å². The molecule has 0 aliphatic carbocycles. The Morgan fingerprint density at radius 2 is 1.88 bits per heavy atom. The summed E-state index contributed by atoms with van der Waals surface area (Å²) in [4.78, 5) is 23.2. The van der Waals surface area contributed by atoms with Crippen LogP contribution in [0, 0.1) is 5.41 Å². The Morgan fingerprint density at radius 1 is 1.21 bits per heavy atom. The average Bonchev–Trinajstić information content (AvgIpc) is 2.49. The van der Waals surface area contributed by atoms with Gasteiger partial charge in [0.05, 0.1) is 0 Å². The molecule has 0 fully saturated rings. The molecule has 6 nitrogen and oxygen atoms in total. The number of benzene rings is 1.